The second kappa shape index (κ2) is 7.98. The quantitative estimate of drug-likeness (QED) is 0.533. The summed E-state index contributed by atoms with van der Waals surface area (Å²) in [7, 11) is 0. The SMILES string of the molecule is O=C(/C=C/c1ccc(-c2ccc(F)c(Cl)c2)o1)Nc1ccc(C(=O)O)c(O)c1. The number of anilines is 1. The lowest BCUT2D eigenvalue weighted by atomic mass is 10.2. The van der Waals surface area contributed by atoms with E-state index in [1.54, 1.807) is 12.1 Å². The van der Waals surface area contributed by atoms with Gasteiger partial charge in [-0.25, -0.2) is 9.18 Å². The first-order valence-electron chi connectivity index (χ1n) is 7.94. The summed E-state index contributed by atoms with van der Waals surface area (Å²) in [6, 6.07) is 11.2. The van der Waals surface area contributed by atoms with E-state index in [4.69, 9.17) is 21.1 Å². The van der Waals surface area contributed by atoms with Crippen LogP contribution < -0.4 is 5.32 Å². The lowest BCUT2D eigenvalue weighted by molar-refractivity contribution is -0.111. The van der Waals surface area contributed by atoms with Gasteiger partial charge in [-0.15, -0.1) is 0 Å². The van der Waals surface area contributed by atoms with E-state index in [9.17, 15) is 19.1 Å². The molecule has 3 rings (SSSR count). The molecule has 3 N–H and O–H groups in total. The Balaban J connectivity index is 1.68. The molecule has 8 heteroatoms. The predicted octanol–water partition coefficient (Wildman–Crippen LogP) is 4.79. The Kier molecular flexibility index (Phi) is 5.47. The number of hydrogen-bond donors (Lipinski definition) is 3. The van der Waals surface area contributed by atoms with Gasteiger partial charge in [-0.05, 0) is 48.5 Å². The number of amides is 1. The molecule has 0 fully saturated rings. The van der Waals surface area contributed by atoms with Crippen LogP contribution in [0.5, 0.6) is 5.75 Å². The van der Waals surface area contributed by atoms with Crippen LogP contribution >= 0.6 is 11.6 Å². The average molecular weight is 402 g/mol. The van der Waals surface area contributed by atoms with Crippen molar-refractivity contribution in [2.24, 2.45) is 0 Å². The van der Waals surface area contributed by atoms with Crippen molar-refractivity contribution in [1.29, 1.82) is 0 Å². The Hall–Kier alpha value is -3.58. The molecule has 6 nitrogen and oxygen atoms in total. The maximum atomic E-state index is 13.2. The lowest BCUT2D eigenvalue weighted by Crippen LogP contribution is -2.08. The molecule has 0 saturated heterocycles. The van der Waals surface area contributed by atoms with E-state index in [1.165, 1.54) is 42.5 Å². The first-order valence-corrected chi connectivity index (χ1v) is 8.32. The lowest BCUT2D eigenvalue weighted by Gasteiger charge is -2.04. The highest BCUT2D eigenvalue weighted by atomic mass is 35.5. The fourth-order valence-electron chi connectivity index (χ4n) is 2.38. The number of hydrogen-bond acceptors (Lipinski definition) is 4. The molecule has 1 aromatic heterocycles. The van der Waals surface area contributed by atoms with E-state index in [2.05, 4.69) is 5.32 Å². The number of carbonyl (C=O) groups is 2. The second-order valence-corrected chi connectivity index (χ2v) is 6.10. The molecule has 0 bridgehead atoms. The minimum Gasteiger partial charge on any atom is -0.507 e. The molecule has 0 radical (unpaired) electrons. The standard InChI is InChI=1S/C20H13ClFNO5/c21-15-9-11(1-6-16(15)22)18-7-3-13(28-18)4-8-19(25)23-12-2-5-14(20(26)27)17(24)10-12/h1-10,24H,(H,23,25)(H,26,27)/b8-4+. The third-order valence-electron chi connectivity index (χ3n) is 3.73. The Morgan fingerprint density at radius 3 is 2.57 bits per heavy atom. The number of benzene rings is 2. The van der Waals surface area contributed by atoms with Crippen LogP contribution in [-0.4, -0.2) is 22.1 Å². The van der Waals surface area contributed by atoms with Gasteiger partial charge in [0.05, 0.1) is 5.02 Å². The van der Waals surface area contributed by atoms with Crippen molar-refractivity contribution in [3.05, 3.63) is 76.8 Å². The zero-order valence-corrected chi connectivity index (χ0v) is 14.9. The van der Waals surface area contributed by atoms with Crippen LogP contribution in [0, 0.1) is 5.82 Å². The van der Waals surface area contributed by atoms with E-state index in [-0.39, 0.29) is 16.3 Å². The Labute approximate surface area is 163 Å². The summed E-state index contributed by atoms with van der Waals surface area (Å²) in [5.41, 5.74) is 0.556. The maximum Gasteiger partial charge on any atom is 0.339 e. The van der Waals surface area contributed by atoms with E-state index in [0.29, 0.717) is 17.1 Å². The molecule has 28 heavy (non-hydrogen) atoms. The highest BCUT2D eigenvalue weighted by molar-refractivity contribution is 6.31. The predicted molar refractivity (Wildman–Crippen MR) is 102 cm³/mol. The minimum absolute atomic E-state index is 0.0254. The van der Waals surface area contributed by atoms with Gasteiger partial charge in [0.1, 0.15) is 28.7 Å². The highest BCUT2D eigenvalue weighted by Gasteiger charge is 2.10. The van der Waals surface area contributed by atoms with E-state index in [0.717, 1.165) is 6.07 Å². The molecular weight excluding hydrogens is 389 g/mol. The van der Waals surface area contributed by atoms with Gasteiger partial charge in [-0.1, -0.05) is 11.6 Å². The number of carbonyl (C=O) groups excluding carboxylic acids is 1. The number of carboxylic acids is 1. The smallest absolute Gasteiger partial charge is 0.339 e. The number of aromatic hydroxyl groups is 1. The molecule has 0 atom stereocenters. The summed E-state index contributed by atoms with van der Waals surface area (Å²) < 4.78 is 18.8. The summed E-state index contributed by atoms with van der Waals surface area (Å²) in [6.45, 7) is 0. The number of nitrogens with one attached hydrogen (secondary N) is 1. The topological polar surface area (TPSA) is 99.8 Å². The largest absolute Gasteiger partial charge is 0.507 e. The van der Waals surface area contributed by atoms with E-state index < -0.39 is 23.4 Å². The van der Waals surface area contributed by atoms with E-state index in [1.807, 2.05) is 0 Å². The second-order valence-electron chi connectivity index (χ2n) is 5.69. The van der Waals surface area contributed by atoms with Crippen molar-refractivity contribution < 1.29 is 28.6 Å². The van der Waals surface area contributed by atoms with Crippen LogP contribution in [0.3, 0.4) is 0 Å². The van der Waals surface area contributed by atoms with Gasteiger partial charge >= 0.3 is 5.97 Å². The van der Waals surface area contributed by atoms with Crippen LogP contribution in [0.1, 0.15) is 16.1 Å². The number of aromatic carboxylic acids is 1. The summed E-state index contributed by atoms with van der Waals surface area (Å²) in [5.74, 6) is -1.93. The molecule has 0 unspecified atom stereocenters. The molecule has 1 amide bonds. The summed E-state index contributed by atoms with van der Waals surface area (Å²) in [5, 5.41) is 21.0. The molecule has 0 aliphatic heterocycles. The first kappa shape index (κ1) is 19.2. The van der Waals surface area contributed by atoms with Gasteiger partial charge < -0.3 is 19.9 Å². The highest BCUT2D eigenvalue weighted by Crippen LogP contribution is 2.27. The summed E-state index contributed by atoms with van der Waals surface area (Å²) >= 11 is 5.75. The van der Waals surface area contributed by atoms with E-state index >= 15 is 0 Å². The van der Waals surface area contributed by atoms with Crippen molar-refractivity contribution in [3.8, 4) is 17.1 Å². The van der Waals surface area contributed by atoms with Crippen molar-refractivity contribution in [2.75, 3.05) is 5.32 Å². The molecule has 1 heterocycles. The third kappa shape index (κ3) is 4.39. The van der Waals surface area contributed by atoms with Gasteiger partial charge in [0.2, 0.25) is 5.91 Å². The number of rotatable bonds is 5. The summed E-state index contributed by atoms with van der Waals surface area (Å²) in [4.78, 5) is 22.8. The fraction of sp³-hybridized carbons (Fsp3) is 0. The van der Waals surface area contributed by atoms with Crippen LogP contribution in [0.4, 0.5) is 10.1 Å². The Morgan fingerprint density at radius 1 is 1.11 bits per heavy atom. The number of halogens is 2. The molecule has 0 saturated carbocycles. The molecular formula is C20H13ClFNO5. The molecule has 142 valence electrons. The van der Waals surface area contributed by atoms with Crippen molar-refractivity contribution >= 4 is 35.2 Å². The number of carboxylic acid groups (broad SMARTS) is 1. The number of phenols is 1. The van der Waals surface area contributed by atoms with Crippen molar-refractivity contribution in [3.63, 3.8) is 0 Å². The molecule has 0 aliphatic rings. The van der Waals surface area contributed by atoms with Gasteiger partial charge in [-0.3, -0.25) is 4.79 Å². The van der Waals surface area contributed by atoms with Crippen LogP contribution in [-0.2, 0) is 4.79 Å². The summed E-state index contributed by atoms with van der Waals surface area (Å²) in [6.07, 6.45) is 2.64. The zero-order valence-electron chi connectivity index (χ0n) is 14.1. The fourth-order valence-corrected chi connectivity index (χ4v) is 2.56. The molecule has 0 spiro atoms. The van der Waals surface area contributed by atoms with Crippen LogP contribution in [0.25, 0.3) is 17.4 Å². The van der Waals surface area contributed by atoms with Crippen molar-refractivity contribution in [1.82, 2.24) is 0 Å². The van der Waals surface area contributed by atoms with Gasteiger partial charge in [-0.2, -0.15) is 0 Å². The van der Waals surface area contributed by atoms with Gasteiger partial charge in [0, 0.05) is 23.4 Å². The van der Waals surface area contributed by atoms with Gasteiger partial charge in [0.15, 0.2) is 0 Å². The maximum absolute atomic E-state index is 13.2. The monoisotopic (exact) mass is 401 g/mol. The normalized spacial score (nSPS) is 10.9. The first-order chi connectivity index (χ1) is 13.3. The van der Waals surface area contributed by atoms with Crippen LogP contribution in [0.15, 0.2) is 59.0 Å². The molecule has 3 aromatic rings. The zero-order chi connectivity index (χ0) is 20.3. The van der Waals surface area contributed by atoms with Gasteiger partial charge in [0.25, 0.3) is 0 Å². The Bertz CT molecular complexity index is 1090. The third-order valence-corrected chi connectivity index (χ3v) is 4.02. The minimum atomic E-state index is -1.27. The molecule has 2 aromatic carbocycles. The number of furan rings is 1. The Morgan fingerprint density at radius 2 is 1.89 bits per heavy atom. The van der Waals surface area contributed by atoms with Crippen molar-refractivity contribution in [2.45, 2.75) is 0 Å². The van der Waals surface area contributed by atoms with Crippen LogP contribution in [0.2, 0.25) is 5.02 Å². The average Bonchev–Trinajstić information content (AvgIpc) is 3.11. The molecule has 0 aliphatic carbocycles.